The standard InChI is InChI=1S/C17H25N5O2/c1-13-4-7-22(8-5-13)17-18-6-3-15(19-17)16(24)21-11-9-20(10-12-21)14(2)23/h3,6,13H,4-5,7-12H2,1-2H3. The van der Waals surface area contributed by atoms with E-state index in [0.717, 1.165) is 31.8 Å². The van der Waals surface area contributed by atoms with Crippen LogP contribution < -0.4 is 4.90 Å². The summed E-state index contributed by atoms with van der Waals surface area (Å²) >= 11 is 0. The molecule has 0 aromatic carbocycles. The Morgan fingerprint density at radius 2 is 1.67 bits per heavy atom. The highest BCUT2D eigenvalue weighted by molar-refractivity contribution is 5.92. The van der Waals surface area contributed by atoms with Gasteiger partial charge in [-0.3, -0.25) is 9.59 Å². The zero-order chi connectivity index (χ0) is 17.1. The van der Waals surface area contributed by atoms with Crippen LogP contribution in [0.3, 0.4) is 0 Å². The van der Waals surface area contributed by atoms with Crippen LogP contribution in [0.4, 0.5) is 5.95 Å². The van der Waals surface area contributed by atoms with E-state index >= 15 is 0 Å². The van der Waals surface area contributed by atoms with Gasteiger partial charge in [-0.2, -0.15) is 0 Å². The summed E-state index contributed by atoms with van der Waals surface area (Å²) in [5.74, 6) is 1.37. The van der Waals surface area contributed by atoms with E-state index in [0.29, 0.717) is 37.8 Å². The first-order chi connectivity index (χ1) is 11.5. The number of rotatable bonds is 2. The average molecular weight is 331 g/mol. The van der Waals surface area contributed by atoms with Crippen molar-refractivity contribution in [2.24, 2.45) is 5.92 Å². The number of piperidine rings is 1. The Bertz CT molecular complexity index is 605. The summed E-state index contributed by atoms with van der Waals surface area (Å²) in [5, 5.41) is 0. The van der Waals surface area contributed by atoms with Crippen LogP contribution in [0.1, 0.15) is 37.2 Å². The number of carbonyl (C=O) groups excluding carboxylic acids is 2. The third-order valence-electron chi connectivity index (χ3n) is 4.94. The zero-order valence-electron chi connectivity index (χ0n) is 14.4. The Hall–Kier alpha value is -2.18. The second-order valence-electron chi connectivity index (χ2n) is 6.71. The van der Waals surface area contributed by atoms with Crippen molar-refractivity contribution in [3.05, 3.63) is 18.0 Å². The zero-order valence-corrected chi connectivity index (χ0v) is 14.4. The Kier molecular flexibility index (Phi) is 4.97. The quantitative estimate of drug-likeness (QED) is 0.809. The van der Waals surface area contributed by atoms with Gasteiger partial charge in [0.05, 0.1) is 0 Å². The van der Waals surface area contributed by atoms with Gasteiger partial charge in [-0.05, 0) is 24.8 Å². The van der Waals surface area contributed by atoms with E-state index in [2.05, 4.69) is 21.8 Å². The SMILES string of the molecule is CC(=O)N1CCN(C(=O)c2ccnc(N3CCC(C)CC3)n2)CC1. The average Bonchev–Trinajstić information content (AvgIpc) is 2.62. The molecule has 130 valence electrons. The monoisotopic (exact) mass is 331 g/mol. The van der Waals surface area contributed by atoms with Crippen LogP contribution >= 0.6 is 0 Å². The molecule has 0 aliphatic carbocycles. The summed E-state index contributed by atoms with van der Waals surface area (Å²) in [4.78, 5) is 38.6. The molecule has 0 radical (unpaired) electrons. The lowest BCUT2D eigenvalue weighted by atomic mass is 10.00. The number of amides is 2. The van der Waals surface area contributed by atoms with E-state index in [4.69, 9.17) is 0 Å². The van der Waals surface area contributed by atoms with Crippen molar-refractivity contribution in [3.63, 3.8) is 0 Å². The lowest BCUT2D eigenvalue weighted by Crippen LogP contribution is -2.50. The summed E-state index contributed by atoms with van der Waals surface area (Å²) in [6, 6.07) is 1.68. The number of hydrogen-bond acceptors (Lipinski definition) is 5. The molecule has 7 heteroatoms. The van der Waals surface area contributed by atoms with Crippen LogP contribution in [-0.2, 0) is 4.79 Å². The van der Waals surface area contributed by atoms with Crippen molar-refractivity contribution in [1.82, 2.24) is 19.8 Å². The number of hydrogen-bond donors (Lipinski definition) is 0. The summed E-state index contributed by atoms with van der Waals surface area (Å²) in [7, 11) is 0. The summed E-state index contributed by atoms with van der Waals surface area (Å²) in [5.41, 5.74) is 0.440. The van der Waals surface area contributed by atoms with Gasteiger partial charge in [0.15, 0.2) is 0 Å². The normalized spacial score (nSPS) is 19.5. The molecule has 3 rings (SSSR count). The van der Waals surface area contributed by atoms with Gasteiger partial charge in [0.1, 0.15) is 5.69 Å². The van der Waals surface area contributed by atoms with Crippen molar-refractivity contribution in [2.75, 3.05) is 44.2 Å². The highest BCUT2D eigenvalue weighted by atomic mass is 16.2. The molecule has 0 N–H and O–H groups in total. The molecule has 0 unspecified atom stereocenters. The molecule has 1 aromatic rings. The van der Waals surface area contributed by atoms with Gasteiger partial charge in [-0.1, -0.05) is 6.92 Å². The molecule has 24 heavy (non-hydrogen) atoms. The summed E-state index contributed by atoms with van der Waals surface area (Å²) in [6.45, 7) is 7.99. The van der Waals surface area contributed by atoms with E-state index in [9.17, 15) is 9.59 Å². The minimum absolute atomic E-state index is 0.0609. The van der Waals surface area contributed by atoms with E-state index < -0.39 is 0 Å². The second kappa shape index (κ2) is 7.15. The van der Waals surface area contributed by atoms with Crippen molar-refractivity contribution in [1.29, 1.82) is 0 Å². The van der Waals surface area contributed by atoms with Crippen LogP contribution in [0.5, 0.6) is 0 Å². The van der Waals surface area contributed by atoms with Crippen LogP contribution in [0, 0.1) is 5.92 Å². The third kappa shape index (κ3) is 3.66. The minimum Gasteiger partial charge on any atom is -0.341 e. The number of nitrogens with zero attached hydrogens (tertiary/aromatic N) is 5. The topological polar surface area (TPSA) is 69.6 Å². The van der Waals surface area contributed by atoms with E-state index in [1.54, 1.807) is 29.0 Å². The molecule has 2 aliphatic heterocycles. The van der Waals surface area contributed by atoms with Gasteiger partial charge in [0.25, 0.3) is 5.91 Å². The van der Waals surface area contributed by atoms with Crippen molar-refractivity contribution in [2.45, 2.75) is 26.7 Å². The third-order valence-corrected chi connectivity index (χ3v) is 4.94. The van der Waals surface area contributed by atoms with Crippen LogP contribution in [0.25, 0.3) is 0 Å². The maximum Gasteiger partial charge on any atom is 0.272 e. The molecular weight excluding hydrogens is 306 g/mol. The maximum atomic E-state index is 12.7. The van der Waals surface area contributed by atoms with E-state index in [1.165, 1.54) is 0 Å². The fraction of sp³-hybridized carbons (Fsp3) is 0.647. The Morgan fingerprint density at radius 3 is 2.29 bits per heavy atom. The van der Waals surface area contributed by atoms with Gasteiger partial charge in [0.2, 0.25) is 11.9 Å². The molecule has 2 saturated heterocycles. The fourth-order valence-corrected chi connectivity index (χ4v) is 3.21. The van der Waals surface area contributed by atoms with Gasteiger partial charge in [0, 0.05) is 52.4 Å². The van der Waals surface area contributed by atoms with Gasteiger partial charge < -0.3 is 14.7 Å². The molecule has 0 spiro atoms. The first-order valence-electron chi connectivity index (χ1n) is 8.67. The lowest BCUT2D eigenvalue weighted by Gasteiger charge is -2.34. The highest BCUT2D eigenvalue weighted by Crippen LogP contribution is 2.20. The first-order valence-corrected chi connectivity index (χ1v) is 8.67. The van der Waals surface area contributed by atoms with Gasteiger partial charge in [-0.25, -0.2) is 9.97 Å². The van der Waals surface area contributed by atoms with Crippen LogP contribution in [0.15, 0.2) is 12.3 Å². The van der Waals surface area contributed by atoms with Crippen molar-refractivity contribution < 1.29 is 9.59 Å². The molecular formula is C17H25N5O2. The Labute approximate surface area is 142 Å². The summed E-state index contributed by atoms with van der Waals surface area (Å²) < 4.78 is 0. The van der Waals surface area contributed by atoms with Crippen LogP contribution in [-0.4, -0.2) is 70.9 Å². The Balaban J connectivity index is 1.65. The predicted octanol–water partition coefficient (Wildman–Crippen LogP) is 1.02. The van der Waals surface area contributed by atoms with E-state index in [1.807, 2.05) is 0 Å². The number of piperazine rings is 1. The first kappa shape index (κ1) is 16.7. The molecule has 2 aliphatic rings. The molecule has 3 heterocycles. The van der Waals surface area contributed by atoms with Gasteiger partial charge in [-0.15, -0.1) is 0 Å². The molecule has 2 amide bonds. The summed E-state index contributed by atoms with van der Waals surface area (Å²) in [6.07, 6.45) is 3.93. The molecule has 7 nitrogen and oxygen atoms in total. The van der Waals surface area contributed by atoms with Crippen molar-refractivity contribution in [3.8, 4) is 0 Å². The highest BCUT2D eigenvalue weighted by Gasteiger charge is 2.25. The predicted molar refractivity (Wildman–Crippen MR) is 90.8 cm³/mol. The number of anilines is 1. The molecule has 2 fully saturated rings. The Morgan fingerprint density at radius 1 is 1.04 bits per heavy atom. The van der Waals surface area contributed by atoms with Gasteiger partial charge >= 0.3 is 0 Å². The fourth-order valence-electron chi connectivity index (χ4n) is 3.21. The maximum absolute atomic E-state index is 12.7. The molecule has 1 aromatic heterocycles. The molecule has 0 saturated carbocycles. The van der Waals surface area contributed by atoms with Crippen LogP contribution in [0.2, 0.25) is 0 Å². The largest absolute Gasteiger partial charge is 0.341 e. The molecule has 0 atom stereocenters. The number of carbonyl (C=O) groups is 2. The second-order valence-corrected chi connectivity index (χ2v) is 6.71. The minimum atomic E-state index is -0.0766. The smallest absolute Gasteiger partial charge is 0.272 e. The molecule has 0 bridgehead atoms. The van der Waals surface area contributed by atoms with E-state index in [-0.39, 0.29) is 11.8 Å². The van der Waals surface area contributed by atoms with Crippen molar-refractivity contribution >= 4 is 17.8 Å². The lowest BCUT2D eigenvalue weighted by molar-refractivity contribution is -0.130. The number of aromatic nitrogens is 2.